The van der Waals surface area contributed by atoms with Crippen LogP contribution in [0.15, 0.2) is 30.3 Å². The van der Waals surface area contributed by atoms with Gasteiger partial charge in [0.05, 0.1) is 0 Å². The van der Waals surface area contributed by atoms with E-state index in [2.05, 4.69) is 13.8 Å². The third-order valence-corrected chi connectivity index (χ3v) is 2.93. The highest BCUT2D eigenvalue weighted by Crippen LogP contribution is 2.25. The Bertz CT molecular complexity index is 428. The average Bonchev–Trinajstić information content (AvgIpc) is 2.24. The zero-order chi connectivity index (χ0) is 12.9. The van der Waals surface area contributed by atoms with Crippen molar-refractivity contribution in [2.24, 2.45) is 11.1 Å². The molecule has 0 aliphatic heterocycles. The maximum absolute atomic E-state index is 11.0. The van der Waals surface area contributed by atoms with Gasteiger partial charge in [0.25, 0.3) is 0 Å². The molecule has 96 valence electrons. The van der Waals surface area contributed by atoms with Crippen LogP contribution in [0.25, 0.3) is 0 Å². The molecule has 0 radical (unpaired) electrons. The molecule has 2 N–H and O–H groups in total. The van der Waals surface area contributed by atoms with Gasteiger partial charge in [0, 0.05) is 0 Å². The van der Waals surface area contributed by atoms with E-state index in [9.17, 15) is 8.42 Å². The second-order valence-electron chi connectivity index (χ2n) is 4.46. The van der Waals surface area contributed by atoms with Gasteiger partial charge in [-0.25, -0.2) is 5.14 Å². The molecular weight excluding hydrogens is 238 g/mol. The quantitative estimate of drug-likeness (QED) is 0.850. The molecule has 0 bridgehead atoms. The van der Waals surface area contributed by atoms with Gasteiger partial charge in [-0.1, -0.05) is 44.2 Å². The van der Waals surface area contributed by atoms with Crippen molar-refractivity contribution in [1.82, 2.24) is 0 Å². The number of hydrogen-bond acceptors (Lipinski definition) is 3. The summed E-state index contributed by atoms with van der Waals surface area (Å²) in [6.07, 6.45) is 1.03. The lowest BCUT2D eigenvalue weighted by atomic mass is 10.0. The average molecular weight is 257 g/mol. The fourth-order valence-electron chi connectivity index (χ4n) is 1.58. The number of nitrogens with two attached hydrogens (primary N) is 1. The van der Waals surface area contributed by atoms with Crippen LogP contribution in [0.3, 0.4) is 0 Å². The molecule has 5 heteroatoms. The van der Waals surface area contributed by atoms with Gasteiger partial charge in [0.1, 0.15) is 6.10 Å². The second kappa shape index (κ2) is 6.14. The first-order chi connectivity index (χ1) is 7.88. The van der Waals surface area contributed by atoms with E-state index in [0.29, 0.717) is 12.3 Å². The van der Waals surface area contributed by atoms with Crippen molar-refractivity contribution < 1.29 is 12.6 Å². The number of rotatable bonds is 6. The molecule has 0 saturated carbocycles. The molecule has 17 heavy (non-hydrogen) atoms. The van der Waals surface area contributed by atoms with E-state index in [1.165, 1.54) is 0 Å². The fraction of sp³-hybridized carbons (Fsp3) is 0.500. The van der Waals surface area contributed by atoms with E-state index in [1.54, 1.807) is 0 Å². The Balaban J connectivity index is 2.79. The van der Waals surface area contributed by atoms with Gasteiger partial charge in [-0.05, 0) is 24.3 Å². The Morgan fingerprint density at radius 1 is 1.18 bits per heavy atom. The number of benzene rings is 1. The summed E-state index contributed by atoms with van der Waals surface area (Å²) in [5.74, 6) is 0.491. The standard InChI is InChI=1S/C12H19NO3S/c1-10(2)8-9-12(16-17(13,14)15)11-6-4-3-5-7-11/h3-7,10,12H,8-9H2,1-2H3,(H2,13,14,15). The van der Waals surface area contributed by atoms with Crippen molar-refractivity contribution in [1.29, 1.82) is 0 Å². The molecule has 1 atom stereocenters. The van der Waals surface area contributed by atoms with Gasteiger partial charge >= 0.3 is 10.3 Å². The zero-order valence-electron chi connectivity index (χ0n) is 10.2. The van der Waals surface area contributed by atoms with Crippen LogP contribution in [-0.2, 0) is 14.5 Å². The summed E-state index contributed by atoms with van der Waals surface area (Å²) in [6, 6.07) is 9.26. The first-order valence-corrected chi connectivity index (χ1v) is 7.11. The molecule has 1 rings (SSSR count). The first kappa shape index (κ1) is 14.2. The highest BCUT2D eigenvalue weighted by atomic mass is 32.2. The van der Waals surface area contributed by atoms with Crippen LogP contribution in [0.1, 0.15) is 38.4 Å². The van der Waals surface area contributed by atoms with Gasteiger partial charge in [0.15, 0.2) is 0 Å². The lowest BCUT2D eigenvalue weighted by Gasteiger charge is -2.17. The molecule has 4 nitrogen and oxygen atoms in total. The Labute approximate surface area is 103 Å². The van der Waals surface area contributed by atoms with E-state index in [4.69, 9.17) is 9.32 Å². The summed E-state index contributed by atoms with van der Waals surface area (Å²) < 4.78 is 27.0. The highest BCUT2D eigenvalue weighted by Gasteiger charge is 2.18. The maximum atomic E-state index is 11.0. The maximum Gasteiger partial charge on any atom is 0.333 e. The van der Waals surface area contributed by atoms with Crippen molar-refractivity contribution >= 4 is 10.3 Å². The van der Waals surface area contributed by atoms with E-state index < -0.39 is 16.4 Å². The minimum absolute atomic E-state index is 0.491. The van der Waals surface area contributed by atoms with Crippen LogP contribution in [0.5, 0.6) is 0 Å². The molecule has 1 unspecified atom stereocenters. The van der Waals surface area contributed by atoms with Crippen LogP contribution in [0.4, 0.5) is 0 Å². The van der Waals surface area contributed by atoms with Crippen LogP contribution in [0.2, 0.25) is 0 Å². The highest BCUT2D eigenvalue weighted by molar-refractivity contribution is 7.84. The van der Waals surface area contributed by atoms with Crippen LogP contribution >= 0.6 is 0 Å². The smallest absolute Gasteiger partial charge is 0.250 e. The molecule has 0 saturated heterocycles. The third kappa shape index (κ3) is 5.81. The van der Waals surface area contributed by atoms with Crippen molar-refractivity contribution in [2.45, 2.75) is 32.8 Å². The van der Waals surface area contributed by atoms with Crippen molar-refractivity contribution in [3.05, 3.63) is 35.9 Å². The van der Waals surface area contributed by atoms with Gasteiger partial charge in [0.2, 0.25) is 0 Å². The fourth-order valence-corrected chi connectivity index (χ4v) is 2.12. The van der Waals surface area contributed by atoms with Gasteiger partial charge < -0.3 is 0 Å². The summed E-state index contributed by atoms with van der Waals surface area (Å²) in [5, 5.41) is 4.93. The lowest BCUT2D eigenvalue weighted by molar-refractivity contribution is 0.193. The molecule has 0 spiro atoms. The van der Waals surface area contributed by atoms with E-state index >= 15 is 0 Å². The van der Waals surface area contributed by atoms with E-state index in [-0.39, 0.29) is 0 Å². The Kier molecular flexibility index (Phi) is 5.11. The predicted octanol–water partition coefficient (Wildman–Crippen LogP) is 2.38. The Morgan fingerprint density at radius 3 is 2.24 bits per heavy atom. The van der Waals surface area contributed by atoms with Crippen LogP contribution in [0, 0.1) is 5.92 Å². The molecule has 1 aromatic rings. The monoisotopic (exact) mass is 257 g/mol. The van der Waals surface area contributed by atoms with Crippen LogP contribution < -0.4 is 5.14 Å². The summed E-state index contributed by atoms with van der Waals surface area (Å²) in [5.41, 5.74) is 0.835. The zero-order valence-corrected chi connectivity index (χ0v) is 11.0. The largest absolute Gasteiger partial charge is 0.333 e. The third-order valence-electron chi connectivity index (χ3n) is 2.43. The summed E-state index contributed by atoms with van der Waals surface area (Å²) >= 11 is 0. The van der Waals surface area contributed by atoms with Crippen molar-refractivity contribution in [2.75, 3.05) is 0 Å². The van der Waals surface area contributed by atoms with Crippen LogP contribution in [-0.4, -0.2) is 8.42 Å². The predicted molar refractivity (Wildman–Crippen MR) is 67.4 cm³/mol. The van der Waals surface area contributed by atoms with E-state index in [1.807, 2.05) is 30.3 Å². The summed E-state index contributed by atoms with van der Waals surface area (Å²) in [7, 11) is -3.92. The molecule has 1 aromatic carbocycles. The Hall–Kier alpha value is -0.910. The SMILES string of the molecule is CC(C)CCC(OS(N)(=O)=O)c1ccccc1. The van der Waals surface area contributed by atoms with Gasteiger partial charge in [-0.15, -0.1) is 0 Å². The Morgan fingerprint density at radius 2 is 1.76 bits per heavy atom. The minimum Gasteiger partial charge on any atom is -0.250 e. The summed E-state index contributed by atoms with van der Waals surface area (Å²) in [4.78, 5) is 0. The molecular formula is C12H19NO3S. The molecule has 0 heterocycles. The van der Waals surface area contributed by atoms with Gasteiger partial charge in [-0.2, -0.15) is 8.42 Å². The first-order valence-electron chi connectivity index (χ1n) is 5.64. The molecule has 0 aliphatic carbocycles. The molecule has 0 aromatic heterocycles. The second-order valence-corrected chi connectivity index (χ2v) is 5.64. The van der Waals surface area contributed by atoms with E-state index in [0.717, 1.165) is 12.0 Å². The lowest BCUT2D eigenvalue weighted by Crippen LogP contribution is -2.19. The normalized spacial score (nSPS) is 13.9. The molecule has 0 aliphatic rings. The van der Waals surface area contributed by atoms with Crippen molar-refractivity contribution in [3.63, 3.8) is 0 Å². The summed E-state index contributed by atoms with van der Waals surface area (Å²) in [6.45, 7) is 4.16. The van der Waals surface area contributed by atoms with Crippen molar-refractivity contribution in [3.8, 4) is 0 Å². The van der Waals surface area contributed by atoms with Gasteiger partial charge in [-0.3, -0.25) is 4.18 Å². The topological polar surface area (TPSA) is 69.4 Å². The number of hydrogen-bond donors (Lipinski definition) is 1. The molecule has 0 amide bonds. The minimum atomic E-state index is -3.92. The molecule has 0 fully saturated rings.